The van der Waals surface area contributed by atoms with Gasteiger partial charge in [-0.05, 0) is 11.6 Å². The van der Waals surface area contributed by atoms with Crippen molar-refractivity contribution in [3.8, 4) is 0 Å². The first-order chi connectivity index (χ1) is 8.20. The van der Waals surface area contributed by atoms with Crippen molar-refractivity contribution in [1.82, 2.24) is 5.32 Å². The highest BCUT2D eigenvalue weighted by molar-refractivity contribution is 5.40. The fraction of sp³-hybridized carbons (Fsp3) is 0.455. The molecule has 100 valence electrons. The van der Waals surface area contributed by atoms with E-state index in [1.54, 1.807) is 0 Å². The molecule has 0 spiro atoms. The molecular weight excluding hydrogens is 249 g/mol. The van der Waals surface area contributed by atoms with Crippen LogP contribution in [0.1, 0.15) is 25.0 Å². The summed E-state index contributed by atoms with van der Waals surface area (Å²) in [6.07, 6.45) is -4.58. The molecule has 0 saturated carbocycles. The van der Waals surface area contributed by atoms with Crippen LogP contribution >= 0.6 is 0 Å². The third-order valence-corrected chi connectivity index (χ3v) is 2.23. The molecule has 0 fully saturated rings. The average Bonchev–Trinajstić information content (AvgIpc) is 2.24. The smallest absolute Gasteiger partial charge is 0.310 e. The molecule has 0 saturated heterocycles. The number of benzene rings is 1. The molecule has 1 rings (SSSR count). The average molecular weight is 262 g/mol. The van der Waals surface area contributed by atoms with Gasteiger partial charge in [0.05, 0.1) is 10.5 Å². The molecule has 18 heavy (non-hydrogen) atoms. The Bertz CT molecular complexity index is 444. The van der Waals surface area contributed by atoms with Crippen molar-refractivity contribution in [2.45, 2.75) is 32.6 Å². The van der Waals surface area contributed by atoms with Crippen LogP contribution in [-0.4, -0.2) is 11.0 Å². The van der Waals surface area contributed by atoms with Gasteiger partial charge in [0.25, 0.3) is 5.69 Å². The van der Waals surface area contributed by atoms with Gasteiger partial charge < -0.3 is 5.32 Å². The molecule has 0 aliphatic rings. The van der Waals surface area contributed by atoms with E-state index in [0.717, 1.165) is 12.1 Å². The van der Waals surface area contributed by atoms with E-state index in [9.17, 15) is 23.3 Å². The predicted molar refractivity (Wildman–Crippen MR) is 60.1 cm³/mol. The molecule has 0 aliphatic carbocycles. The quantitative estimate of drug-likeness (QED) is 0.670. The number of nitro groups is 1. The Morgan fingerprint density at radius 2 is 1.94 bits per heavy atom. The Kier molecular flexibility index (Phi) is 4.28. The fourth-order valence-corrected chi connectivity index (χ4v) is 1.37. The summed E-state index contributed by atoms with van der Waals surface area (Å²) in [5.74, 6) is 0. The molecule has 4 nitrogen and oxygen atoms in total. The van der Waals surface area contributed by atoms with Crippen LogP contribution < -0.4 is 5.32 Å². The van der Waals surface area contributed by atoms with Crippen molar-refractivity contribution in [2.75, 3.05) is 0 Å². The Balaban J connectivity index is 3.10. The Hall–Kier alpha value is -1.63. The van der Waals surface area contributed by atoms with E-state index in [1.165, 1.54) is 0 Å². The number of rotatable bonds is 4. The van der Waals surface area contributed by atoms with Gasteiger partial charge in [0.2, 0.25) is 0 Å². The standard InChI is InChI=1S/C11H13F3N2O2/c1-7(2)15-6-8-3-9(11(12,13)14)5-10(4-8)16(17)18/h3-5,7,15H,6H2,1-2H3. The summed E-state index contributed by atoms with van der Waals surface area (Å²) in [4.78, 5) is 9.76. The highest BCUT2D eigenvalue weighted by Crippen LogP contribution is 2.32. The van der Waals surface area contributed by atoms with Gasteiger partial charge >= 0.3 is 6.18 Å². The van der Waals surface area contributed by atoms with E-state index in [1.807, 2.05) is 13.8 Å². The zero-order valence-electron chi connectivity index (χ0n) is 9.91. The van der Waals surface area contributed by atoms with Crippen LogP contribution in [0, 0.1) is 10.1 Å². The zero-order chi connectivity index (χ0) is 13.9. The maximum atomic E-state index is 12.6. The number of alkyl halides is 3. The van der Waals surface area contributed by atoms with Crippen molar-refractivity contribution >= 4 is 5.69 Å². The second-order valence-corrected chi connectivity index (χ2v) is 4.18. The van der Waals surface area contributed by atoms with E-state index >= 15 is 0 Å². The molecule has 0 unspecified atom stereocenters. The van der Waals surface area contributed by atoms with E-state index in [0.29, 0.717) is 6.07 Å². The van der Waals surface area contributed by atoms with Gasteiger partial charge in [-0.15, -0.1) is 0 Å². The minimum Gasteiger partial charge on any atom is -0.310 e. The van der Waals surface area contributed by atoms with Crippen molar-refractivity contribution < 1.29 is 18.1 Å². The molecule has 0 aromatic heterocycles. The van der Waals surface area contributed by atoms with Gasteiger partial charge in [-0.1, -0.05) is 13.8 Å². The van der Waals surface area contributed by atoms with Gasteiger partial charge in [0.15, 0.2) is 0 Å². The maximum Gasteiger partial charge on any atom is 0.416 e. The molecule has 0 amide bonds. The first-order valence-corrected chi connectivity index (χ1v) is 5.29. The molecule has 0 aliphatic heterocycles. The van der Waals surface area contributed by atoms with Crippen LogP contribution in [0.5, 0.6) is 0 Å². The van der Waals surface area contributed by atoms with Crippen molar-refractivity contribution in [3.63, 3.8) is 0 Å². The molecular formula is C11H13F3N2O2. The van der Waals surface area contributed by atoms with Crippen LogP contribution in [0.4, 0.5) is 18.9 Å². The summed E-state index contributed by atoms with van der Waals surface area (Å²) in [6, 6.07) is 2.69. The monoisotopic (exact) mass is 262 g/mol. The first kappa shape index (κ1) is 14.4. The minimum absolute atomic E-state index is 0.0820. The van der Waals surface area contributed by atoms with Crippen LogP contribution in [-0.2, 0) is 12.7 Å². The SMILES string of the molecule is CC(C)NCc1cc([N+](=O)[O-])cc(C(F)(F)F)c1. The first-order valence-electron chi connectivity index (χ1n) is 5.29. The number of non-ortho nitro benzene ring substituents is 1. The summed E-state index contributed by atoms with van der Waals surface area (Å²) in [6.45, 7) is 3.83. The summed E-state index contributed by atoms with van der Waals surface area (Å²) in [7, 11) is 0. The number of nitrogens with zero attached hydrogens (tertiary/aromatic N) is 1. The lowest BCUT2D eigenvalue weighted by atomic mass is 10.1. The normalized spacial score (nSPS) is 11.9. The molecule has 1 N–H and O–H groups in total. The number of nitrogens with one attached hydrogen (secondary N) is 1. The lowest BCUT2D eigenvalue weighted by molar-refractivity contribution is -0.385. The molecule has 0 bridgehead atoms. The van der Waals surface area contributed by atoms with Crippen LogP contribution in [0.25, 0.3) is 0 Å². The highest BCUT2D eigenvalue weighted by atomic mass is 19.4. The third kappa shape index (κ3) is 3.99. The Morgan fingerprint density at radius 1 is 1.33 bits per heavy atom. The Labute approximate surface area is 102 Å². The lowest BCUT2D eigenvalue weighted by Crippen LogP contribution is -2.22. The molecule has 0 atom stereocenters. The van der Waals surface area contributed by atoms with E-state index in [4.69, 9.17) is 0 Å². The summed E-state index contributed by atoms with van der Waals surface area (Å²) < 4.78 is 37.7. The number of hydrogen-bond donors (Lipinski definition) is 1. The number of hydrogen-bond acceptors (Lipinski definition) is 3. The second kappa shape index (κ2) is 5.34. The van der Waals surface area contributed by atoms with E-state index in [2.05, 4.69) is 5.32 Å². The number of nitro benzene ring substituents is 1. The van der Waals surface area contributed by atoms with E-state index < -0.39 is 22.4 Å². The van der Waals surface area contributed by atoms with Gasteiger partial charge in [0.1, 0.15) is 0 Å². The van der Waals surface area contributed by atoms with Crippen molar-refractivity contribution in [1.29, 1.82) is 0 Å². The lowest BCUT2D eigenvalue weighted by Gasteiger charge is -2.11. The molecule has 0 heterocycles. The predicted octanol–water partition coefficient (Wildman–Crippen LogP) is 3.11. The summed E-state index contributed by atoms with van der Waals surface area (Å²) in [5.41, 5.74) is -1.31. The topological polar surface area (TPSA) is 55.2 Å². The summed E-state index contributed by atoms with van der Waals surface area (Å²) in [5, 5.41) is 13.5. The fourth-order valence-electron chi connectivity index (χ4n) is 1.37. The zero-order valence-corrected chi connectivity index (χ0v) is 9.91. The van der Waals surface area contributed by atoms with Gasteiger partial charge in [0, 0.05) is 24.7 Å². The van der Waals surface area contributed by atoms with E-state index in [-0.39, 0.29) is 18.2 Å². The largest absolute Gasteiger partial charge is 0.416 e. The Morgan fingerprint density at radius 3 is 2.39 bits per heavy atom. The van der Waals surface area contributed by atoms with Crippen LogP contribution in [0.15, 0.2) is 18.2 Å². The van der Waals surface area contributed by atoms with Crippen molar-refractivity contribution in [2.24, 2.45) is 0 Å². The minimum atomic E-state index is -4.58. The third-order valence-electron chi connectivity index (χ3n) is 2.23. The summed E-state index contributed by atoms with van der Waals surface area (Å²) >= 11 is 0. The van der Waals surface area contributed by atoms with Gasteiger partial charge in [-0.3, -0.25) is 10.1 Å². The second-order valence-electron chi connectivity index (χ2n) is 4.18. The highest BCUT2D eigenvalue weighted by Gasteiger charge is 2.32. The molecule has 1 aromatic carbocycles. The van der Waals surface area contributed by atoms with Crippen LogP contribution in [0.2, 0.25) is 0 Å². The number of halogens is 3. The van der Waals surface area contributed by atoms with Gasteiger partial charge in [-0.2, -0.15) is 13.2 Å². The van der Waals surface area contributed by atoms with Crippen molar-refractivity contribution in [3.05, 3.63) is 39.4 Å². The maximum absolute atomic E-state index is 12.6. The molecule has 0 radical (unpaired) electrons. The van der Waals surface area contributed by atoms with Crippen LogP contribution in [0.3, 0.4) is 0 Å². The van der Waals surface area contributed by atoms with Gasteiger partial charge in [-0.25, -0.2) is 0 Å². The molecule has 1 aromatic rings. The molecule has 7 heteroatoms.